The Balaban J connectivity index is 2.24. The van der Waals surface area contributed by atoms with E-state index in [9.17, 15) is 9.59 Å². The first kappa shape index (κ1) is 13.9. The molecule has 0 amide bonds. The molecule has 0 unspecified atom stereocenters. The van der Waals surface area contributed by atoms with Crippen LogP contribution in [0.1, 0.15) is 29.5 Å². The third-order valence-corrected chi connectivity index (χ3v) is 2.47. The monoisotopic (exact) mass is 274 g/mol. The Morgan fingerprint density at radius 1 is 1.35 bits per heavy atom. The lowest BCUT2D eigenvalue weighted by Crippen LogP contribution is -2.14. The summed E-state index contributed by atoms with van der Waals surface area (Å²) in [6, 6.07) is 1.54. The van der Waals surface area contributed by atoms with Crippen LogP contribution in [0.5, 0.6) is 0 Å². The first-order chi connectivity index (χ1) is 9.60. The van der Waals surface area contributed by atoms with Gasteiger partial charge in [-0.3, -0.25) is 14.2 Å². The van der Waals surface area contributed by atoms with Gasteiger partial charge in [-0.1, -0.05) is 0 Å². The van der Waals surface area contributed by atoms with Gasteiger partial charge >= 0.3 is 5.97 Å². The van der Waals surface area contributed by atoms with E-state index in [1.54, 1.807) is 36.9 Å². The van der Waals surface area contributed by atoms with Gasteiger partial charge in [0.15, 0.2) is 5.78 Å². The molecular formula is C13H14N4O3. The van der Waals surface area contributed by atoms with Crippen molar-refractivity contribution in [3.8, 4) is 5.95 Å². The Labute approximate surface area is 115 Å². The van der Waals surface area contributed by atoms with Crippen LogP contribution < -0.4 is 0 Å². The number of nitrogens with zero attached hydrogens (tertiary/aromatic N) is 4. The Morgan fingerprint density at radius 2 is 2.15 bits per heavy atom. The maximum absolute atomic E-state index is 12.0. The summed E-state index contributed by atoms with van der Waals surface area (Å²) >= 11 is 0. The van der Waals surface area contributed by atoms with Crippen molar-refractivity contribution >= 4 is 11.8 Å². The van der Waals surface area contributed by atoms with E-state index >= 15 is 0 Å². The third-order valence-electron chi connectivity index (χ3n) is 2.47. The van der Waals surface area contributed by atoms with E-state index in [4.69, 9.17) is 4.74 Å². The number of hydrogen-bond acceptors (Lipinski definition) is 6. The number of carbonyl (C=O) groups excluding carboxylic acids is 2. The molecule has 0 fully saturated rings. The van der Waals surface area contributed by atoms with Gasteiger partial charge in [0.2, 0.25) is 5.95 Å². The van der Waals surface area contributed by atoms with Crippen molar-refractivity contribution in [1.29, 1.82) is 0 Å². The fourth-order valence-corrected chi connectivity index (χ4v) is 1.62. The molecule has 7 heteroatoms. The number of aryl methyl sites for hydroxylation is 1. The minimum absolute atomic E-state index is 0.189. The van der Waals surface area contributed by atoms with Crippen molar-refractivity contribution in [2.45, 2.75) is 20.3 Å². The van der Waals surface area contributed by atoms with Crippen LogP contribution in [0, 0.1) is 6.92 Å². The fraction of sp³-hybridized carbons (Fsp3) is 0.308. The molecule has 7 nitrogen and oxygen atoms in total. The lowest BCUT2D eigenvalue weighted by molar-refractivity contribution is -0.141. The maximum Gasteiger partial charge on any atom is 0.313 e. The zero-order chi connectivity index (χ0) is 14.5. The van der Waals surface area contributed by atoms with E-state index in [0.29, 0.717) is 11.6 Å². The maximum atomic E-state index is 12.0. The normalized spacial score (nSPS) is 10.3. The summed E-state index contributed by atoms with van der Waals surface area (Å²) in [5.41, 5.74) is 0.824. The van der Waals surface area contributed by atoms with Gasteiger partial charge in [-0.15, -0.1) is 0 Å². The quantitative estimate of drug-likeness (QED) is 0.461. The highest BCUT2D eigenvalue weighted by molar-refractivity contribution is 6.04. The van der Waals surface area contributed by atoms with Crippen LogP contribution in [0.2, 0.25) is 0 Å². The first-order valence-electron chi connectivity index (χ1n) is 6.13. The van der Waals surface area contributed by atoms with E-state index in [2.05, 4.69) is 15.0 Å². The minimum atomic E-state index is -0.557. The van der Waals surface area contributed by atoms with Crippen LogP contribution in [-0.2, 0) is 9.53 Å². The second-order valence-electron chi connectivity index (χ2n) is 4.07. The largest absolute Gasteiger partial charge is 0.466 e. The van der Waals surface area contributed by atoms with Crippen molar-refractivity contribution in [3.05, 3.63) is 36.2 Å². The topological polar surface area (TPSA) is 87.0 Å². The summed E-state index contributed by atoms with van der Waals surface area (Å²) in [5, 5.41) is 0. The Morgan fingerprint density at radius 3 is 2.80 bits per heavy atom. The lowest BCUT2D eigenvalue weighted by atomic mass is 10.2. The van der Waals surface area contributed by atoms with Crippen LogP contribution in [0.4, 0.5) is 0 Å². The number of hydrogen-bond donors (Lipinski definition) is 0. The van der Waals surface area contributed by atoms with Crippen molar-refractivity contribution in [2.24, 2.45) is 0 Å². The molecule has 0 N–H and O–H groups in total. The molecule has 2 heterocycles. The van der Waals surface area contributed by atoms with Gasteiger partial charge in [0, 0.05) is 18.1 Å². The van der Waals surface area contributed by atoms with E-state index in [1.807, 2.05) is 0 Å². The highest BCUT2D eigenvalue weighted by Crippen LogP contribution is 2.08. The number of carbonyl (C=O) groups is 2. The van der Waals surface area contributed by atoms with Crippen LogP contribution >= 0.6 is 0 Å². The van der Waals surface area contributed by atoms with Crippen LogP contribution in [0.15, 0.2) is 24.8 Å². The summed E-state index contributed by atoms with van der Waals surface area (Å²) in [4.78, 5) is 35.6. The first-order valence-corrected chi connectivity index (χ1v) is 6.13. The Hall–Kier alpha value is -2.57. The molecule has 0 aromatic carbocycles. The third kappa shape index (κ3) is 3.25. The molecule has 2 aromatic rings. The highest BCUT2D eigenvalue weighted by atomic mass is 16.5. The van der Waals surface area contributed by atoms with Gasteiger partial charge < -0.3 is 4.74 Å². The van der Waals surface area contributed by atoms with Crippen LogP contribution in [0.3, 0.4) is 0 Å². The molecule has 0 saturated carbocycles. The molecule has 2 aromatic heterocycles. The number of aromatic nitrogens is 4. The van der Waals surface area contributed by atoms with Gasteiger partial charge in [0.25, 0.3) is 0 Å². The number of imidazole rings is 1. The molecule has 0 bridgehead atoms. The van der Waals surface area contributed by atoms with Crippen LogP contribution in [0.25, 0.3) is 5.95 Å². The summed E-state index contributed by atoms with van der Waals surface area (Å²) in [6.45, 7) is 3.69. The highest BCUT2D eigenvalue weighted by Gasteiger charge is 2.16. The Bertz CT molecular complexity index is 623. The molecule has 2 rings (SSSR count). The minimum Gasteiger partial charge on any atom is -0.466 e. The van der Waals surface area contributed by atoms with Gasteiger partial charge in [0.05, 0.1) is 6.61 Å². The summed E-state index contributed by atoms with van der Waals surface area (Å²) in [5.74, 6) is -0.608. The number of rotatable bonds is 5. The molecule has 0 aliphatic heterocycles. The average Bonchev–Trinajstić information content (AvgIpc) is 2.92. The predicted molar refractivity (Wildman–Crippen MR) is 69.5 cm³/mol. The van der Waals surface area contributed by atoms with Gasteiger partial charge in [0.1, 0.15) is 18.4 Å². The number of ether oxygens (including phenoxy) is 1. The molecule has 104 valence electrons. The molecule has 0 radical (unpaired) electrons. The Kier molecular flexibility index (Phi) is 4.19. The molecule has 0 atom stereocenters. The predicted octanol–water partition coefficient (Wildman–Crippen LogP) is 1.11. The van der Waals surface area contributed by atoms with E-state index in [1.165, 1.54) is 6.33 Å². The fourth-order valence-electron chi connectivity index (χ4n) is 1.62. The van der Waals surface area contributed by atoms with Crippen molar-refractivity contribution in [2.75, 3.05) is 6.61 Å². The second kappa shape index (κ2) is 6.05. The zero-order valence-corrected chi connectivity index (χ0v) is 11.2. The molecular weight excluding hydrogens is 260 g/mol. The summed E-state index contributed by atoms with van der Waals surface area (Å²) in [7, 11) is 0. The van der Waals surface area contributed by atoms with Gasteiger partial charge in [-0.05, 0) is 19.9 Å². The molecule has 20 heavy (non-hydrogen) atoms. The summed E-state index contributed by atoms with van der Waals surface area (Å²) in [6.07, 6.45) is 4.47. The average molecular weight is 274 g/mol. The van der Waals surface area contributed by atoms with Gasteiger partial charge in [-0.2, -0.15) is 0 Å². The van der Waals surface area contributed by atoms with Gasteiger partial charge in [-0.25, -0.2) is 15.0 Å². The molecule has 0 saturated heterocycles. The standard InChI is InChI=1S/C13H14N4O3/c1-3-20-12(19)7-11(18)10-6-9(2)15-13(16-10)17-5-4-14-8-17/h4-6,8H,3,7H2,1-2H3. The van der Waals surface area contributed by atoms with Crippen LogP contribution in [-0.4, -0.2) is 37.9 Å². The molecule has 0 aliphatic carbocycles. The van der Waals surface area contributed by atoms with E-state index in [0.717, 1.165) is 0 Å². The van der Waals surface area contributed by atoms with E-state index in [-0.39, 0.29) is 18.7 Å². The smallest absolute Gasteiger partial charge is 0.313 e. The second-order valence-corrected chi connectivity index (χ2v) is 4.07. The number of esters is 1. The zero-order valence-electron chi connectivity index (χ0n) is 11.2. The van der Waals surface area contributed by atoms with Crippen molar-refractivity contribution in [1.82, 2.24) is 19.5 Å². The van der Waals surface area contributed by atoms with E-state index < -0.39 is 11.8 Å². The lowest BCUT2D eigenvalue weighted by Gasteiger charge is -2.05. The van der Waals surface area contributed by atoms with Crippen molar-refractivity contribution < 1.29 is 14.3 Å². The number of ketones is 1. The SMILES string of the molecule is CCOC(=O)CC(=O)c1cc(C)nc(-n2ccnc2)n1. The van der Waals surface area contributed by atoms with Crippen molar-refractivity contribution in [3.63, 3.8) is 0 Å². The summed E-state index contributed by atoms with van der Waals surface area (Å²) < 4.78 is 6.34. The molecule has 0 aliphatic rings. The molecule has 0 spiro atoms. The number of Topliss-reactive ketones (excluding diaryl/α,β-unsaturated/α-hetero) is 1.